The number of anilines is 1. The summed E-state index contributed by atoms with van der Waals surface area (Å²) in [5.74, 6) is -1.56. The van der Waals surface area contributed by atoms with Gasteiger partial charge in [-0.1, -0.05) is 29.8 Å². The van der Waals surface area contributed by atoms with Gasteiger partial charge in [-0.05, 0) is 41.8 Å². The molecule has 2 aromatic carbocycles. The van der Waals surface area contributed by atoms with E-state index in [0.717, 1.165) is 5.56 Å². The van der Waals surface area contributed by atoms with Crippen LogP contribution >= 0.6 is 11.6 Å². The molecule has 4 nitrogen and oxygen atoms in total. The van der Waals surface area contributed by atoms with Crippen molar-refractivity contribution in [2.75, 3.05) is 11.9 Å². The van der Waals surface area contributed by atoms with Crippen molar-refractivity contribution in [2.45, 2.75) is 18.8 Å². The van der Waals surface area contributed by atoms with Crippen LogP contribution in [0, 0.1) is 5.82 Å². The molecular formula is C18H16ClFN2O2. The summed E-state index contributed by atoms with van der Waals surface area (Å²) in [6.07, 6.45) is 0.726. The fourth-order valence-electron chi connectivity index (χ4n) is 2.78. The molecular weight excluding hydrogens is 331 g/mol. The summed E-state index contributed by atoms with van der Waals surface area (Å²) in [6, 6.07) is 11.5. The standard InChI is InChI=1S/C18H16ClFN2O2/c19-12-3-1-11(2-4-12)7-8-21-18(24)15-10-17(23)22-16-9-13(20)5-6-14(15)16/h1-6,9,15H,7-8,10H2,(H,21,24)(H,22,23). The molecule has 0 aromatic heterocycles. The molecule has 3 rings (SSSR count). The molecule has 0 saturated heterocycles. The summed E-state index contributed by atoms with van der Waals surface area (Å²) < 4.78 is 13.3. The van der Waals surface area contributed by atoms with E-state index in [1.54, 1.807) is 18.2 Å². The Labute approximate surface area is 144 Å². The third kappa shape index (κ3) is 3.74. The van der Waals surface area contributed by atoms with Crippen LogP contribution in [-0.2, 0) is 16.0 Å². The second-order valence-corrected chi connectivity index (χ2v) is 6.14. The van der Waals surface area contributed by atoms with Crippen LogP contribution in [0.2, 0.25) is 5.02 Å². The fourth-order valence-corrected chi connectivity index (χ4v) is 2.90. The van der Waals surface area contributed by atoms with Crippen molar-refractivity contribution >= 4 is 29.1 Å². The molecule has 1 aliphatic rings. The lowest BCUT2D eigenvalue weighted by molar-refractivity contribution is -0.126. The zero-order valence-electron chi connectivity index (χ0n) is 12.8. The molecule has 2 aromatic rings. The van der Waals surface area contributed by atoms with Crippen LogP contribution in [-0.4, -0.2) is 18.4 Å². The second-order valence-electron chi connectivity index (χ2n) is 5.70. The maximum Gasteiger partial charge on any atom is 0.228 e. The van der Waals surface area contributed by atoms with Gasteiger partial charge in [-0.25, -0.2) is 4.39 Å². The number of nitrogens with one attached hydrogen (secondary N) is 2. The Morgan fingerprint density at radius 3 is 2.75 bits per heavy atom. The molecule has 24 heavy (non-hydrogen) atoms. The quantitative estimate of drug-likeness (QED) is 0.892. The summed E-state index contributed by atoms with van der Waals surface area (Å²) in [7, 11) is 0. The number of hydrogen-bond donors (Lipinski definition) is 2. The van der Waals surface area contributed by atoms with Crippen molar-refractivity contribution in [1.82, 2.24) is 5.32 Å². The van der Waals surface area contributed by atoms with Crippen molar-refractivity contribution in [1.29, 1.82) is 0 Å². The number of rotatable bonds is 4. The highest BCUT2D eigenvalue weighted by Gasteiger charge is 2.30. The van der Waals surface area contributed by atoms with E-state index in [9.17, 15) is 14.0 Å². The minimum atomic E-state index is -0.598. The first-order chi connectivity index (χ1) is 11.5. The largest absolute Gasteiger partial charge is 0.355 e. The monoisotopic (exact) mass is 346 g/mol. The Morgan fingerprint density at radius 2 is 2.00 bits per heavy atom. The average molecular weight is 347 g/mol. The van der Waals surface area contributed by atoms with Gasteiger partial charge in [-0.15, -0.1) is 0 Å². The van der Waals surface area contributed by atoms with Crippen LogP contribution in [0.4, 0.5) is 10.1 Å². The summed E-state index contributed by atoms with van der Waals surface area (Å²) in [6.45, 7) is 0.453. The van der Waals surface area contributed by atoms with Crippen molar-refractivity contribution in [3.8, 4) is 0 Å². The van der Waals surface area contributed by atoms with Gasteiger partial charge >= 0.3 is 0 Å². The van der Waals surface area contributed by atoms with Crippen LogP contribution in [0.3, 0.4) is 0 Å². The number of carbonyl (C=O) groups is 2. The average Bonchev–Trinajstić information content (AvgIpc) is 2.55. The molecule has 0 fully saturated rings. The molecule has 124 valence electrons. The van der Waals surface area contributed by atoms with Gasteiger partial charge in [-0.3, -0.25) is 9.59 Å². The fraction of sp³-hybridized carbons (Fsp3) is 0.222. The number of carbonyl (C=O) groups excluding carboxylic acids is 2. The number of amides is 2. The van der Waals surface area contributed by atoms with Gasteiger partial charge in [0, 0.05) is 23.7 Å². The Hall–Kier alpha value is -2.40. The lowest BCUT2D eigenvalue weighted by Gasteiger charge is -2.24. The van der Waals surface area contributed by atoms with E-state index < -0.39 is 11.7 Å². The molecule has 0 aliphatic carbocycles. The van der Waals surface area contributed by atoms with Crippen molar-refractivity contribution in [3.05, 3.63) is 64.4 Å². The summed E-state index contributed by atoms with van der Waals surface area (Å²) in [5, 5.41) is 6.11. The summed E-state index contributed by atoms with van der Waals surface area (Å²) in [5.41, 5.74) is 2.06. The van der Waals surface area contributed by atoms with E-state index >= 15 is 0 Å². The first kappa shape index (κ1) is 16.5. The first-order valence-electron chi connectivity index (χ1n) is 7.64. The van der Waals surface area contributed by atoms with Gasteiger partial charge in [0.05, 0.1) is 5.92 Å². The number of halogens is 2. The Bertz CT molecular complexity index is 777. The zero-order chi connectivity index (χ0) is 17.1. The lowest BCUT2D eigenvalue weighted by Crippen LogP contribution is -2.36. The van der Waals surface area contributed by atoms with Crippen LogP contribution < -0.4 is 10.6 Å². The summed E-state index contributed by atoms with van der Waals surface area (Å²) in [4.78, 5) is 24.2. The molecule has 2 amide bonds. The number of hydrogen-bond acceptors (Lipinski definition) is 2. The Kier molecular flexibility index (Phi) is 4.81. The van der Waals surface area contributed by atoms with E-state index in [2.05, 4.69) is 10.6 Å². The topological polar surface area (TPSA) is 58.2 Å². The molecule has 0 bridgehead atoms. The van der Waals surface area contributed by atoms with Gasteiger partial charge in [0.1, 0.15) is 5.82 Å². The molecule has 1 atom stereocenters. The maximum atomic E-state index is 13.3. The lowest BCUT2D eigenvalue weighted by atomic mass is 9.89. The zero-order valence-corrected chi connectivity index (χ0v) is 13.6. The van der Waals surface area contributed by atoms with Crippen LogP contribution in [0.25, 0.3) is 0 Å². The van der Waals surface area contributed by atoms with E-state index in [-0.39, 0.29) is 18.2 Å². The molecule has 0 spiro atoms. The smallest absolute Gasteiger partial charge is 0.228 e. The molecule has 2 N–H and O–H groups in total. The predicted molar refractivity (Wildman–Crippen MR) is 90.6 cm³/mol. The minimum Gasteiger partial charge on any atom is -0.355 e. The first-order valence-corrected chi connectivity index (χ1v) is 8.02. The van der Waals surface area contributed by atoms with Crippen molar-refractivity contribution in [3.63, 3.8) is 0 Å². The van der Waals surface area contributed by atoms with E-state index in [1.165, 1.54) is 12.1 Å². The van der Waals surface area contributed by atoms with Gasteiger partial charge < -0.3 is 10.6 Å². The number of benzene rings is 2. The maximum absolute atomic E-state index is 13.3. The SMILES string of the molecule is O=C1CC(C(=O)NCCc2ccc(Cl)cc2)c2ccc(F)cc2N1. The molecule has 0 radical (unpaired) electrons. The Morgan fingerprint density at radius 1 is 1.25 bits per heavy atom. The predicted octanol–water partition coefficient (Wildman–Crippen LogP) is 3.26. The molecule has 1 aliphatic heterocycles. The van der Waals surface area contributed by atoms with Gasteiger partial charge in [0.2, 0.25) is 11.8 Å². The molecule has 1 heterocycles. The van der Waals surface area contributed by atoms with Crippen LogP contribution in [0.15, 0.2) is 42.5 Å². The Balaban J connectivity index is 1.65. The molecule has 0 saturated carbocycles. The second kappa shape index (κ2) is 7.01. The van der Waals surface area contributed by atoms with E-state index in [0.29, 0.717) is 29.2 Å². The van der Waals surface area contributed by atoms with Crippen molar-refractivity contribution < 1.29 is 14.0 Å². The van der Waals surface area contributed by atoms with Crippen LogP contribution in [0.5, 0.6) is 0 Å². The molecule has 1 unspecified atom stereocenters. The van der Waals surface area contributed by atoms with Crippen molar-refractivity contribution in [2.24, 2.45) is 0 Å². The third-order valence-electron chi connectivity index (χ3n) is 4.00. The summed E-state index contributed by atoms with van der Waals surface area (Å²) >= 11 is 5.84. The van der Waals surface area contributed by atoms with Gasteiger partial charge in [0.25, 0.3) is 0 Å². The van der Waals surface area contributed by atoms with Crippen LogP contribution in [0.1, 0.15) is 23.5 Å². The normalized spacial score (nSPS) is 16.2. The van der Waals surface area contributed by atoms with E-state index in [1.807, 2.05) is 12.1 Å². The highest BCUT2D eigenvalue weighted by atomic mass is 35.5. The van der Waals surface area contributed by atoms with Gasteiger partial charge in [-0.2, -0.15) is 0 Å². The van der Waals surface area contributed by atoms with Gasteiger partial charge in [0.15, 0.2) is 0 Å². The highest BCUT2D eigenvalue weighted by Crippen LogP contribution is 2.32. The highest BCUT2D eigenvalue weighted by molar-refractivity contribution is 6.30. The third-order valence-corrected chi connectivity index (χ3v) is 4.25. The minimum absolute atomic E-state index is 0.0609. The number of fused-ring (bicyclic) bond motifs is 1. The van der Waals surface area contributed by atoms with E-state index in [4.69, 9.17) is 11.6 Å². The molecule has 6 heteroatoms.